The number of nitrogens with zero attached hydrogens (tertiary/aromatic N) is 1. The lowest BCUT2D eigenvalue weighted by Gasteiger charge is -2.33. The minimum atomic E-state index is -0.995. The molecule has 1 atom stereocenters. The normalized spacial score (nSPS) is 12.5. The average Bonchev–Trinajstić information content (AvgIpc) is 2.53. The van der Waals surface area contributed by atoms with Crippen molar-refractivity contribution >= 4 is 5.97 Å². The van der Waals surface area contributed by atoms with Crippen molar-refractivity contribution in [3.05, 3.63) is 71.8 Å². The number of carboxylic acid groups (broad SMARTS) is 1. The van der Waals surface area contributed by atoms with Crippen molar-refractivity contribution < 1.29 is 9.90 Å². The Hall–Kier alpha value is -2.13. The molecule has 0 N–H and O–H groups in total. The summed E-state index contributed by atoms with van der Waals surface area (Å²) in [6, 6.07) is 19.4. The molecule has 2 aromatic carbocycles. The van der Waals surface area contributed by atoms with Gasteiger partial charge in [0, 0.05) is 13.1 Å². The van der Waals surface area contributed by atoms with Gasteiger partial charge in [-0.3, -0.25) is 4.90 Å². The quantitative estimate of drug-likeness (QED) is 0.753. The highest BCUT2D eigenvalue weighted by atomic mass is 16.4. The molecule has 23 heavy (non-hydrogen) atoms. The zero-order valence-electron chi connectivity index (χ0n) is 13.8. The Morgan fingerprint density at radius 1 is 0.913 bits per heavy atom. The van der Waals surface area contributed by atoms with Crippen LogP contribution in [0.1, 0.15) is 31.4 Å². The Morgan fingerprint density at radius 2 is 1.35 bits per heavy atom. The van der Waals surface area contributed by atoms with Crippen LogP contribution in [0.4, 0.5) is 0 Å². The number of carbonyl (C=O) groups excluding carboxylic acids is 1. The number of carbonyl (C=O) groups is 1. The second-order valence-corrected chi connectivity index (χ2v) is 6.34. The van der Waals surface area contributed by atoms with Crippen molar-refractivity contribution in [2.24, 2.45) is 5.92 Å². The molecule has 0 saturated carbocycles. The molecule has 2 rings (SSSR count). The van der Waals surface area contributed by atoms with Crippen LogP contribution in [0.5, 0.6) is 0 Å². The van der Waals surface area contributed by atoms with E-state index in [0.717, 1.165) is 11.1 Å². The van der Waals surface area contributed by atoms with Crippen LogP contribution >= 0.6 is 0 Å². The molecule has 2 aromatic rings. The second kappa shape index (κ2) is 8.49. The van der Waals surface area contributed by atoms with Gasteiger partial charge in [-0.2, -0.15) is 0 Å². The van der Waals surface area contributed by atoms with Gasteiger partial charge in [-0.25, -0.2) is 0 Å². The van der Waals surface area contributed by atoms with Gasteiger partial charge in [0.25, 0.3) is 0 Å². The van der Waals surface area contributed by atoms with Crippen LogP contribution in [0.2, 0.25) is 0 Å². The molecular formula is C20H24NO2-. The fourth-order valence-corrected chi connectivity index (χ4v) is 2.75. The molecule has 0 heterocycles. The molecule has 0 aliphatic carbocycles. The molecule has 0 aliphatic heterocycles. The van der Waals surface area contributed by atoms with Crippen LogP contribution in [0.25, 0.3) is 0 Å². The lowest BCUT2D eigenvalue weighted by Crippen LogP contribution is -2.48. The summed E-state index contributed by atoms with van der Waals surface area (Å²) in [4.78, 5) is 13.7. The highest BCUT2D eigenvalue weighted by molar-refractivity contribution is 5.71. The maximum atomic E-state index is 11.7. The van der Waals surface area contributed by atoms with Gasteiger partial charge in [-0.05, 0) is 23.5 Å². The van der Waals surface area contributed by atoms with Gasteiger partial charge in [-0.15, -0.1) is 0 Å². The van der Waals surface area contributed by atoms with E-state index in [1.165, 1.54) is 0 Å². The van der Waals surface area contributed by atoms with E-state index in [4.69, 9.17) is 0 Å². The van der Waals surface area contributed by atoms with Gasteiger partial charge in [-0.1, -0.05) is 74.5 Å². The second-order valence-electron chi connectivity index (χ2n) is 6.34. The molecule has 0 saturated heterocycles. The zero-order valence-corrected chi connectivity index (χ0v) is 13.8. The van der Waals surface area contributed by atoms with E-state index < -0.39 is 12.0 Å². The van der Waals surface area contributed by atoms with Crippen molar-refractivity contribution in [3.8, 4) is 0 Å². The summed E-state index contributed by atoms with van der Waals surface area (Å²) >= 11 is 0. The lowest BCUT2D eigenvalue weighted by atomic mass is 10.0. The van der Waals surface area contributed by atoms with Gasteiger partial charge >= 0.3 is 0 Å². The Morgan fingerprint density at radius 3 is 1.70 bits per heavy atom. The Bertz CT molecular complexity index is 554. The Kier molecular flexibility index (Phi) is 6.36. The summed E-state index contributed by atoms with van der Waals surface area (Å²) in [5, 5.41) is 11.7. The van der Waals surface area contributed by atoms with Gasteiger partial charge in [0.2, 0.25) is 0 Å². The monoisotopic (exact) mass is 310 g/mol. The number of benzene rings is 2. The lowest BCUT2D eigenvalue weighted by molar-refractivity contribution is -0.312. The van der Waals surface area contributed by atoms with Crippen LogP contribution in [0.15, 0.2) is 60.7 Å². The standard InChI is InChI=1S/C20H25NO2/c1-16(2)13-19(20(22)23)21(14-17-9-5-3-6-10-17)15-18-11-7-4-8-12-18/h3-12,16,19H,13-15H2,1-2H3,(H,22,23)/p-1. The number of aliphatic carboxylic acids is 1. The first-order valence-electron chi connectivity index (χ1n) is 8.09. The zero-order chi connectivity index (χ0) is 16.7. The highest BCUT2D eigenvalue weighted by Gasteiger charge is 2.21. The number of rotatable bonds is 8. The van der Waals surface area contributed by atoms with E-state index in [-0.39, 0.29) is 0 Å². The van der Waals surface area contributed by atoms with Crippen molar-refractivity contribution in [3.63, 3.8) is 0 Å². The summed E-state index contributed by atoms with van der Waals surface area (Å²) in [5.41, 5.74) is 2.22. The fourth-order valence-electron chi connectivity index (χ4n) is 2.75. The van der Waals surface area contributed by atoms with E-state index in [0.29, 0.717) is 25.4 Å². The maximum absolute atomic E-state index is 11.7. The summed E-state index contributed by atoms with van der Waals surface area (Å²) < 4.78 is 0. The predicted molar refractivity (Wildman–Crippen MR) is 90.4 cm³/mol. The van der Waals surface area contributed by atoms with Gasteiger partial charge < -0.3 is 9.90 Å². The van der Waals surface area contributed by atoms with Crippen molar-refractivity contribution in [2.75, 3.05) is 0 Å². The summed E-state index contributed by atoms with van der Waals surface area (Å²) in [6.07, 6.45) is 0.585. The van der Waals surface area contributed by atoms with E-state index in [1.54, 1.807) is 0 Å². The minimum absolute atomic E-state index is 0.298. The van der Waals surface area contributed by atoms with E-state index in [9.17, 15) is 9.90 Å². The first-order chi connectivity index (χ1) is 11.1. The predicted octanol–water partition coefficient (Wildman–Crippen LogP) is 2.85. The topological polar surface area (TPSA) is 43.4 Å². The molecule has 0 amide bonds. The largest absolute Gasteiger partial charge is 0.548 e. The molecule has 0 aromatic heterocycles. The van der Waals surface area contributed by atoms with Crippen molar-refractivity contribution in [1.29, 1.82) is 0 Å². The third-order valence-electron chi connectivity index (χ3n) is 3.86. The number of hydrogen-bond acceptors (Lipinski definition) is 3. The van der Waals surface area contributed by atoms with E-state index in [1.807, 2.05) is 79.4 Å². The summed E-state index contributed by atoms with van der Waals surface area (Å²) in [7, 11) is 0. The summed E-state index contributed by atoms with van der Waals surface area (Å²) in [6.45, 7) is 5.28. The van der Waals surface area contributed by atoms with Crippen LogP contribution in [-0.2, 0) is 17.9 Å². The van der Waals surface area contributed by atoms with Crippen molar-refractivity contribution in [2.45, 2.75) is 39.4 Å². The Balaban J connectivity index is 2.23. The summed E-state index contributed by atoms with van der Waals surface area (Å²) in [5.74, 6) is -0.697. The molecule has 0 radical (unpaired) electrons. The first kappa shape index (κ1) is 17.2. The van der Waals surface area contributed by atoms with Crippen LogP contribution in [0.3, 0.4) is 0 Å². The molecule has 0 aliphatic rings. The van der Waals surface area contributed by atoms with Crippen molar-refractivity contribution in [1.82, 2.24) is 4.90 Å². The van der Waals surface area contributed by atoms with Gasteiger partial charge in [0.15, 0.2) is 0 Å². The molecular weight excluding hydrogens is 286 g/mol. The smallest absolute Gasteiger partial charge is 0.0586 e. The van der Waals surface area contributed by atoms with Gasteiger partial charge in [0.05, 0.1) is 12.0 Å². The third kappa shape index (κ3) is 5.53. The molecule has 0 fully saturated rings. The van der Waals surface area contributed by atoms with Crippen LogP contribution < -0.4 is 5.11 Å². The minimum Gasteiger partial charge on any atom is -0.548 e. The van der Waals surface area contributed by atoms with E-state index in [2.05, 4.69) is 0 Å². The molecule has 3 heteroatoms. The number of hydrogen-bond donors (Lipinski definition) is 0. The number of carboxylic acids is 1. The van der Waals surface area contributed by atoms with Gasteiger partial charge in [0.1, 0.15) is 0 Å². The van der Waals surface area contributed by atoms with Crippen LogP contribution in [0, 0.1) is 5.92 Å². The third-order valence-corrected chi connectivity index (χ3v) is 3.86. The Labute approximate surface area is 138 Å². The molecule has 0 bridgehead atoms. The first-order valence-corrected chi connectivity index (χ1v) is 8.09. The maximum Gasteiger partial charge on any atom is 0.0586 e. The molecule has 122 valence electrons. The highest BCUT2D eigenvalue weighted by Crippen LogP contribution is 2.18. The van der Waals surface area contributed by atoms with E-state index >= 15 is 0 Å². The fraction of sp³-hybridized carbons (Fsp3) is 0.350. The SMILES string of the molecule is CC(C)CC(C(=O)[O-])N(Cc1ccccc1)Cc1ccccc1. The van der Waals surface area contributed by atoms with Crippen LogP contribution in [-0.4, -0.2) is 16.9 Å². The average molecular weight is 310 g/mol. The molecule has 1 unspecified atom stereocenters. The molecule has 0 spiro atoms. The molecule has 3 nitrogen and oxygen atoms in total.